The van der Waals surface area contributed by atoms with Gasteiger partial charge in [0, 0.05) is 29.4 Å². The maximum absolute atomic E-state index is 13.2. The highest BCUT2D eigenvalue weighted by molar-refractivity contribution is 7.99. The van der Waals surface area contributed by atoms with Crippen LogP contribution in [0.25, 0.3) is 10.2 Å². The molecular weight excluding hydrogens is 378 g/mol. The van der Waals surface area contributed by atoms with Crippen LogP contribution in [-0.4, -0.2) is 26.1 Å². The zero-order valence-corrected chi connectivity index (χ0v) is 16.4. The van der Waals surface area contributed by atoms with Crippen LogP contribution in [-0.2, 0) is 19.4 Å². The van der Waals surface area contributed by atoms with Crippen molar-refractivity contribution in [2.45, 2.75) is 37.4 Å². The Labute approximate surface area is 165 Å². The maximum atomic E-state index is 13.2. The van der Waals surface area contributed by atoms with Crippen LogP contribution >= 0.6 is 23.1 Å². The van der Waals surface area contributed by atoms with Crippen LogP contribution in [0.3, 0.4) is 0 Å². The number of thiophene rings is 1. The molecule has 138 valence electrons. The number of carbonyl (C=O) groups is 1. The number of fused-ring (bicyclic) bond motifs is 3. The molecule has 0 aliphatic heterocycles. The van der Waals surface area contributed by atoms with E-state index in [1.165, 1.54) is 28.6 Å². The van der Waals surface area contributed by atoms with Crippen LogP contribution in [0.1, 0.15) is 33.6 Å². The summed E-state index contributed by atoms with van der Waals surface area (Å²) in [6.07, 6.45) is 9.17. The van der Waals surface area contributed by atoms with Crippen molar-refractivity contribution in [1.29, 1.82) is 0 Å². The Morgan fingerprint density at radius 2 is 2.07 bits per heavy atom. The van der Waals surface area contributed by atoms with Gasteiger partial charge in [0.2, 0.25) is 0 Å². The minimum atomic E-state index is -0.0156. The Morgan fingerprint density at radius 1 is 1.30 bits per heavy atom. The molecule has 3 aromatic rings. The summed E-state index contributed by atoms with van der Waals surface area (Å²) in [6, 6.07) is 3.40. The summed E-state index contributed by atoms with van der Waals surface area (Å²) in [5, 5.41) is 1.34. The molecular formula is C20H19N3O2S2. The van der Waals surface area contributed by atoms with Gasteiger partial charge in [-0.1, -0.05) is 17.8 Å². The topological polar surface area (TPSA) is 64.8 Å². The Balaban J connectivity index is 1.71. The Kier molecular flexibility index (Phi) is 5.22. The quantitative estimate of drug-likeness (QED) is 0.273. The van der Waals surface area contributed by atoms with Gasteiger partial charge in [-0.3, -0.25) is 19.1 Å². The second kappa shape index (κ2) is 7.78. The molecule has 0 saturated heterocycles. The first-order valence-corrected chi connectivity index (χ1v) is 10.7. The number of nitrogens with zero attached hydrogens (tertiary/aromatic N) is 3. The van der Waals surface area contributed by atoms with Gasteiger partial charge in [-0.25, -0.2) is 4.98 Å². The number of pyridine rings is 1. The van der Waals surface area contributed by atoms with Gasteiger partial charge in [-0.2, -0.15) is 0 Å². The van der Waals surface area contributed by atoms with Crippen molar-refractivity contribution in [3.63, 3.8) is 0 Å². The standard InChI is InChI=1S/C20H19N3O2S2/c1-2-11-23-19(25)17-14-5-3-4-6-16(14)27-18(17)22-20(23)26-12-15(24)13-7-9-21-10-8-13/h2,7-10H,1,3-6,11-12H2. The maximum Gasteiger partial charge on any atom is 0.263 e. The molecule has 7 heteroatoms. The molecule has 3 heterocycles. The normalized spacial score (nSPS) is 13.5. The highest BCUT2D eigenvalue weighted by Gasteiger charge is 2.22. The molecule has 1 aliphatic carbocycles. The Bertz CT molecular complexity index is 1070. The van der Waals surface area contributed by atoms with Gasteiger partial charge in [0.25, 0.3) is 5.56 Å². The predicted molar refractivity (Wildman–Crippen MR) is 110 cm³/mol. The molecule has 0 saturated carbocycles. The van der Waals surface area contributed by atoms with Crippen LogP contribution < -0.4 is 5.56 Å². The fourth-order valence-corrected chi connectivity index (χ4v) is 5.58. The number of thioether (sulfide) groups is 1. The van der Waals surface area contributed by atoms with E-state index in [0.717, 1.165) is 29.5 Å². The van der Waals surface area contributed by atoms with Gasteiger partial charge in [-0.05, 0) is 43.4 Å². The van der Waals surface area contributed by atoms with Crippen molar-refractivity contribution in [2.24, 2.45) is 0 Å². The molecule has 0 radical (unpaired) electrons. The minimum Gasteiger partial charge on any atom is -0.293 e. The second-order valence-electron chi connectivity index (χ2n) is 6.44. The van der Waals surface area contributed by atoms with Gasteiger partial charge in [0.15, 0.2) is 10.9 Å². The van der Waals surface area contributed by atoms with E-state index in [-0.39, 0.29) is 17.1 Å². The molecule has 4 rings (SSSR count). The predicted octanol–water partition coefficient (Wildman–Crippen LogP) is 3.89. The minimum absolute atomic E-state index is 0.00706. The third-order valence-corrected chi connectivity index (χ3v) is 6.85. The lowest BCUT2D eigenvalue weighted by Gasteiger charge is -2.12. The third-order valence-electron chi connectivity index (χ3n) is 4.69. The van der Waals surface area contributed by atoms with Gasteiger partial charge in [-0.15, -0.1) is 17.9 Å². The van der Waals surface area contributed by atoms with Crippen molar-refractivity contribution in [3.8, 4) is 0 Å². The summed E-state index contributed by atoms with van der Waals surface area (Å²) in [5.41, 5.74) is 1.78. The van der Waals surface area contributed by atoms with E-state index in [4.69, 9.17) is 4.98 Å². The van der Waals surface area contributed by atoms with E-state index in [1.807, 2.05) is 0 Å². The average molecular weight is 398 g/mol. The van der Waals surface area contributed by atoms with E-state index in [9.17, 15) is 9.59 Å². The lowest BCUT2D eigenvalue weighted by atomic mass is 9.97. The molecule has 0 unspecified atom stereocenters. The highest BCUT2D eigenvalue weighted by Crippen LogP contribution is 2.34. The SMILES string of the molecule is C=CCn1c(SCC(=O)c2ccncc2)nc2sc3c(c2c1=O)CCCC3. The summed E-state index contributed by atoms with van der Waals surface area (Å²) in [6.45, 7) is 4.16. The molecule has 3 aromatic heterocycles. The van der Waals surface area contributed by atoms with E-state index < -0.39 is 0 Å². The van der Waals surface area contributed by atoms with Crippen LogP contribution in [0, 0.1) is 0 Å². The first-order chi connectivity index (χ1) is 13.2. The number of hydrogen-bond donors (Lipinski definition) is 0. The molecule has 0 N–H and O–H groups in total. The summed E-state index contributed by atoms with van der Waals surface area (Å²) >= 11 is 2.93. The number of hydrogen-bond acceptors (Lipinski definition) is 6. The molecule has 0 amide bonds. The third kappa shape index (κ3) is 3.49. The fourth-order valence-electron chi connectivity index (χ4n) is 3.37. The molecule has 0 atom stereocenters. The van der Waals surface area contributed by atoms with E-state index in [2.05, 4.69) is 11.6 Å². The van der Waals surface area contributed by atoms with Gasteiger partial charge in [0.05, 0.1) is 11.1 Å². The summed E-state index contributed by atoms with van der Waals surface area (Å²) < 4.78 is 1.64. The molecule has 0 aromatic carbocycles. The monoisotopic (exact) mass is 397 g/mol. The number of Topliss-reactive ketones (excluding diaryl/α,β-unsaturated/α-hetero) is 1. The van der Waals surface area contributed by atoms with Crippen LogP contribution in [0.15, 0.2) is 47.1 Å². The number of allylic oxidation sites excluding steroid dienone is 1. The van der Waals surface area contributed by atoms with Gasteiger partial charge < -0.3 is 0 Å². The Hall–Kier alpha value is -2.25. The van der Waals surface area contributed by atoms with Crippen LogP contribution in [0.2, 0.25) is 0 Å². The zero-order valence-electron chi connectivity index (χ0n) is 14.8. The second-order valence-corrected chi connectivity index (χ2v) is 8.46. The smallest absolute Gasteiger partial charge is 0.263 e. The highest BCUT2D eigenvalue weighted by atomic mass is 32.2. The first kappa shape index (κ1) is 18.1. The summed E-state index contributed by atoms with van der Waals surface area (Å²) in [5.74, 6) is 0.219. The summed E-state index contributed by atoms with van der Waals surface area (Å²) in [7, 11) is 0. The van der Waals surface area contributed by atoms with Crippen molar-refractivity contribution in [1.82, 2.24) is 14.5 Å². The average Bonchev–Trinajstić information content (AvgIpc) is 3.07. The largest absolute Gasteiger partial charge is 0.293 e. The Morgan fingerprint density at radius 3 is 2.85 bits per heavy atom. The van der Waals surface area contributed by atoms with E-state index in [0.29, 0.717) is 17.3 Å². The van der Waals surface area contributed by atoms with Crippen molar-refractivity contribution in [2.75, 3.05) is 5.75 Å². The van der Waals surface area contributed by atoms with Crippen LogP contribution in [0.5, 0.6) is 0 Å². The molecule has 0 fully saturated rings. The number of rotatable bonds is 6. The number of carbonyl (C=O) groups excluding carboxylic acids is 1. The van der Waals surface area contributed by atoms with E-state index in [1.54, 1.807) is 46.5 Å². The molecule has 0 spiro atoms. The lowest BCUT2D eigenvalue weighted by Crippen LogP contribution is -2.23. The molecule has 27 heavy (non-hydrogen) atoms. The fraction of sp³-hybridized carbons (Fsp3) is 0.300. The van der Waals surface area contributed by atoms with E-state index >= 15 is 0 Å². The molecule has 1 aliphatic rings. The van der Waals surface area contributed by atoms with Crippen LogP contribution in [0.4, 0.5) is 0 Å². The number of aromatic nitrogens is 3. The zero-order chi connectivity index (χ0) is 18.8. The number of aryl methyl sites for hydroxylation is 2. The number of ketones is 1. The van der Waals surface area contributed by atoms with Gasteiger partial charge >= 0.3 is 0 Å². The lowest BCUT2D eigenvalue weighted by molar-refractivity contribution is 0.102. The van der Waals surface area contributed by atoms with Crippen molar-refractivity contribution in [3.05, 3.63) is 63.5 Å². The summed E-state index contributed by atoms with van der Waals surface area (Å²) in [4.78, 5) is 36.4. The first-order valence-electron chi connectivity index (χ1n) is 8.91. The molecule has 5 nitrogen and oxygen atoms in total. The van der Waals surface area contributed by atoms with Gasteiger partial charge in [0.1, 0.15) is 4.83 Å². The van der Waals surface area contributed by atoms with Crippen molar-refractivity contribution >= 4 is 39.1 Å². The molecule has 0 bridgehead atoms. The van der Waals surface area contributed by atoms with Crippen molar-refractivity contribution < 1.29 is 4.79 Å².